The second-order valence-electron chi connectivity index (χ2n) is 20.0. The highest BCUT2D eigenvalue weighted by molar-refractivity contribution is 7.66. The van der Waals surface area contributed by atoms with Crippen molar-refractivity contribution in [2.75, 3.05) is 71.1 Å². The third-order valence-electron chi connectivity index (χ3n) is 13.3. The number of carboxylic acid groups (broad SMARTS) is 1. The second-order valence-corrected chi connectivity index (χ2v) is 24.4. The van der Waals surface area contributed by atoms with Gasteiger partial charge in [-0.25, -0.2) is 27.7 Å². The number of halogens is 1. The van der Waals surface area contributed by atoms with Gasteiger partial charge in [0.05, 0.1) is 43.4 Å². The normalized spacial score (nSPS) is 16.6. The lowest BCUT2D eigenvalue weighted by molar-refractivity contribution is -0.126. The molecule has 4 unspecified atom stereocenters. The Kier molecular flexibility index (Phi) is 25.7. The molecule has 506 valence electrons. The van der Waals surface area contributed by atoms with Crippen molar-refractivity contribution < 1.29 is 103 Å². The second kappa shape index (κ2) is 33.3. The van der Waals surface area contributed by atoms with Crippen LogP contribution < -0.4 is 42.6 Å². The van der Waals surface area contributed by atoms with E-state index in [1.165, 1.54) is 42.5 Å². The number of fused-ring (bicyclic) bond motifs is 2. The zero-order chi connectivity index (χ0) is 69.2. The minimum Gasteiger partial charge on any atom is -0.491 e. The molecule has 40 heteroatoms. The number of carbonyl (C=O) groups is 4. The van der Waals surface area contributed by atoms with Gasteiger partial charge in [-0.05, 0) is 109 Å². The van der Waals surface area contributed by atoms with Gasteiger partial charge in [-0.1, -0.05) is 23.0 Å². The van der Waals surface area contributed by atoms with Crippen LogP contribution in [-0.4, -0.2) is 149 Å². The number of carboxylic acids is 1. The molecule has 0 spiro atoms. The molecular weight excluding hydrogens is 1320 g/mol. The number of nitrogens with zero attached hydrogens (tertiary/aromatic N) is 8. The number of carbonyl (C=O) groups excluding carboxylic acids is 3. The Bertz CT molecular complexity index is 4350. The summed E-state index contributed by atoms with van der Waals surface area (Å²) in [5.74, 6) is 2.62. The van der Waals surface area contributed by atoms with Gasteiger partial charge in [-0.3, -0.25) is 38.2 Å². The number of phosphoric acid groups is 3. The molecule has 3 heterocycles. The van der Waals surface area contributed by atoms with Crippen LogP contribution in [0.25, 0.3) is 54.3 Å². The van der Waals surface area contributed by atoms with Crippen LogP contribution in [0.4, 0.5) is 10.1 Å². The fourth-order valence-electron chi connectivity index (χ4n) is 9.28. The van der Waals surface area contributed by atoms with E-state index >= 15 is 0 Å². The Morgan fingerprint density at radius 3 is 2.29 bits per heavy atom. The Morgan fingerprint density at radius 1 is 0.884 bits per heavy atom. The van der Waals surface area contributed by atoms with Crippen LogP contribution in [0.15, 0.2) is 102 Å². The molecule has 36 nitrogen and oxygen atoms in total. The Hall–Kier alpha value is -9.13. The van der Waals surface area contributed by atoms with Gasteiger partial charge in [-0.15, -0.1) is 0 Å². The maximum Gasteiger partial charge on any atom is 0.490 e. The number of phosphoric ester groups is 1. The van der Waals surface area contributed by atoms with Gasteiger partial charge in [0.25, 0.3) is 23.9 Å². The predicted octanol–water partition coefficient (Wildman–Crippen LogP) is 5.68. The number of anilines is 1. The lowest BCUT2D eigenvalue weighted by atomic mass is 9.88. The number of alkyl halides is 1. The molecule has 3 amide bonds. The first-order chi connectivity index (χ1) is 45.1. The van der Waals surface area contributed by atoms with Crippen molar-refractivity contribution in [1.82, 2.24) is 25.5 Å². The molecule has 2 aliphatic heterocycles. The minimum absolute atomic E-state index is 0.0120. The Labute approximate surface area is 535 Å². The fraction of sp³-hybridized carbons (Fsp3) is 0.364. The molecule has 1 aliphatic carbocycles. The maximum atomic E-state index is 14.2. The van der Waals surface area contributed by atoms with E-state index in [-0.39, 0.29) is 73.0 Å². The number of hydrogen-bond acceptors (Lipinski definition) is 22. The first-order valence-corrected chi connectivity index (χ1v) is 32.7. The van der Waals surface area contributed by atoms with E-state index in [1.54, 1.807) is 0 Å². The summed E-state index contributed by atoms with van der Waals surface area (Å²) in [7, 11) is -17.4. The Balaban J connectivity index is 0.865. The summed E-state index contributed by atoms with van der Waals surface area (Å²) >= 11 is 0. The molecule has 1 aromatic heterocycles. The molecular formula is C55H61FN13O23P3. The number of azide groups is 2. The standard InChI is InChI=1S/C55H61FN13O23P3/c1-5-59-40-23-42-38(19-30(40)3)49(39-20-31(4)41(60-6-2)24-43(39)88-42)37-22-33(12-13-36(37)53(74)75)51(72)63-16-15-62-50(71)32-9-7-11-35(21-32)86-29-47(65-67-57)85-18-17-84-28-46(70)61-14-8-10-34-26-69(55(76)64-52(34)73)48-25-44(90-54(56)66-68-58)45(89-48)27-87-94(80,81)92-95(82,83)91-93(77,78)79/h7,9,11-13,19-24,26,44-45,47-48,54,59H,5-6,14-18,25,27-29H2,1-4H3,(H,61,70)(H,62,71)(H,63,72)(H,74,75)(H,80,81)(H,82,83)(H,64,73,76)(H2,77,78,79)/t44?,45-,47?,48-,54-/m1/s1. The number of aromatic carboxylic acids is 1. The van der Waals surface area contributed by atoms with E-state index in [0.29, 0.717) is 40.9 Å². The zero-order valence-corrected chi connectivity index (χ0v) is 53.2. The average Bonchev–Trinajstić information content (AvgIpc) is 1.23. The number of ether oxygens (including phenoxy) is 5. The summed E-state index contributed by atoms with van der Waals surface area (Å²) in [6, 6.07) is 17.8. The third kappa shape index (κ3) is 20.9. The minimum atomic E-state index is -5.94. The summed E-state index contributed by atoms with van der Waals surface area (Å²) in [6.07, 6.45) is -5.63. The summed E-state index contributed by atoms with van der Waals surface area (Å²) < 4.78 is 95.4. The highest BCUT2D eigenvalue weighted by Gasteiger charge is 2.44. The van der Waals surface area contributed by atoms with Crippen LogP contribution >= 0.6 is 23.5 Å². The van der Waals surface area contributed by atoms with Crippen molar-refractivity contribution in [1.29, 1.82) is 0 Å². The number of amides is 3. The van der Waals surface area contributed by atoms with Crippen LogP contribution in [0.5, 0.6) is 5.75 Å². The van der Waals surface area contributed by atoms with Crippen LogP contribution in [0.1, 0.15) is 74.3 Å². The van der Waals surface area contributed by atoms with Crippen molar-refractivity contribution in [2.24, 2.45) is 15.2 Å². The number of benzene rings is 4. The number of hydrogen-bond donors (Lipinski definition) is 10. The number of aryl methyl sites for hydroxylation is 2. The molecule has 7 rings (SSSR count). The van der Waals surface area contributed by atoms with E-state index in [2.05, 4.69) is 71.3 Å². The monoisotopic (exact) mass is 1380 g/mol. The zero-order valence-electron chi connectivity index (χ0n) is 50.5. The molecule has 0 radical (unpaired) electrons. The van der Waals surface area contributed by atoms with Crippen molar-refractivity contribution in [3.63, 3.8) is 0 Å². The van der Waals surface area contributed by atoms with Crippen molar-refractivity contribution in [3.8, 4) is 40.0 Å². The summed E-state index contributed by atoms with van der Waals surface area (Å²) in [5.41, 5.74) is 20.0. The highest BCUT2D eigenvalue weighted by atomic mass is 31.3. The molecule has 0 bridgehead atoms. The van der Waals surface area contributed by atoms with Gasteiger partial charge >= 0.3 is 35.1 Å². The van der Waals surface area contributed by atoms with Crippen molar-refractivity contribution >= 4 is 63.8 Å². The van der Waals surface area contributed by atoms with E-state index in [9.17, 15) is 61.7 Å². The summed E-state index contributed by atoms with van der Waals surface area (Å²) in [5, 5.41) is 29.3. The molecule has 3 aliphatic rings. The van der Waals surface area contributed by atoms with Crippen molar-refractivity contribution in [3.05, 3.63) is 153 Å². The van der Waals surface area contributed by atoms with E-state index in [0.717, 1.165) is 32.9 Å². The first kappa shape index (κ1) is 73.3. The summed E-state index contributed by atoms with van der Waals surface area (Å²) in [6.45, 7) is 3.37. The predicted molar refractivity (Wildman–Crippen MR) is 330 cm³/mol. The average molecular weight is 1380 g/mol. The molecule has 7 atom stereocenters. The van der Waals surface area contributed by atoms with Gasteiger partial charge in [0.1, 0.15) is 48.2 Å². The number of aromatic nitrogens is 2. The van der Waals surface area contributed by atoms with E-state index in [4.69, 9.17) is 49.0 Å². The largest absolute Gasteiger partial charge is 0.491 e. The van der Waals surface area contributed by atoms with Gasteiger partial charge in [0.2, 0.25) is 5.91 Å². The lowest BCUT2D eigenvalue weighted by Gasteiger charge is -2.21. The molecule has 4 aromatic rings. The molecule has 1 saturated heterocycles. The molecule has 1 fully saturated rings. The SMILES string of the molecule is CCN=c1cc2oc3cc(NCC)c(C)cc3c(-c3cc(C(=O)NCCNC(=O)c4cccc(OCC(N=[N+]=[N-])OCCOCC(=O)NCC#Cc5cn([C@H]6CC(O[C@H](F)N=[N+]=[N-])[C@@H](COP(=O)(O)OP(=O)(O)OP(=O)(O)O)O6)c(=O)[nH]c5=O)c4)ccc3C(=O)O)c-2cc1C. The van der Waals surface area contributed by atoms with Gasteiger partial charge in [0.15, 0.2) is 6.23 Å². The number of nitrogens with one attached hydrogen (secondary N) is 5. The van der Waals surface area contributed by atoms with Crippen LogP contribution in [-0.2, 0) is 50.6 Å². The van der Waals surface area contributed by atoms with E-state index < -0.39 is 109 Å². The topological polar surface area (TPSA) is 520 Å². The quantitative estimate of drug-likeness (QED) is 0.00355. The van der Waals surface area contributed by atoms with E-state index in [1.807, 2.05) is 56.9 Å². The smallest absolute Gasteiger partial charge is 0.490 e. The van der Waals surface area contributed by atoms with Gasteiger partial charge in [-0.2, -0.15) is 8.62 Å². The first-order valence-electron chi connectivity index (χ1n) is 28.2. The van der Waals surface area contributed by atoms with Crippen molar-refractivity contribution in [2.45, 2.75) is 65.3 Å². The van der Waals surface area contributed by atoms with Gasteiger partial charge < -0.3 is 74.0 Å². The molecule has 0 saturated carbocycles. The number of aromatic amines is 1. The van der Waals surface area contributed by atoms with Crippen LogP contribution in [0.2, 0.25) is 0 Å². The van der Waals surface area contributed by atoms with Crippen LogP contribution in [0.3, 0.4) is 0 Å². The summed E-state index contributed by atoms with van der Waals surface area (Å²) in [4.78, 5) is 126. The molecule has 10 N–H and O–H groups in total. The van der Waals surface area contributed by atoms with Gasteiger partial charge in [0, 0.05) is 94.1 Å². The fourth-order valence-corrected chi connectivity index (χ4v) is 12.3. The highest BCUT2D eigenvalue weighted by Crippen LogP contribution is 2.66. The number of rotatable bonds is 32. The maximum absolute atomic E-state index is 14.2. The third-order valence-corrected chi connectivity index (χ3v) is 17.1. The Morgan fingerprint density at radius 2 is 1.61 bits per heavy atom. The number of H-pyrrole nitrogens is 1. The lowest BCUT2D eigenvalue weighted by Crippen LogP contribution is -2.34. The van der Waals surface area contributed by atoms with Crippen LogP contribution in [0, 0.1) is 25.7 Å². The molecule has 95 heavy (non-hydrogen) atoms. The molecule has 3 aromatic carbocycles.